The summed E-state index contributed by atoms with van der Waals surface area (Å²) < 4.78 is 4.87. The first-order chi connectivity index (χ1) is 29.4. The number of anilines is 1. The quantitative estimate of drug-likeness (QED) is 0.124. The van der Waals surface area contributed by atoms with Gasteiger partial charge in [-0.1, -0.05) is 47.5 Å². The van der Waals surface area contributed by atoms with Gasteiger partial charge in [-0.2, -0.15) is 0 Å². The fraction of sp³-hybridized carbons (Fsp3) is 0.585. The molecule has 1 saturated heterocycles. The molecule has 0 aliphatic carbocycles. The van der Waals surface area contributed by atoms with Crippen molar-refractivity contribution in [1.29, 1.82) is 0 Å². The van der Waals surface area contributed by atoms with E-state index in [2.05, 4.69) is 42.2 Å². The van der Waals surface area contributed by atoms with Crippen LogP contribution in [-0.4, -0.2) is 132 Å². The second-order valence-corrected chi connectivity index (χ2v) is 17.4. The first-order valence-electron chi connectivity index (χ1n) is 20.9. The van der Waals surface area contributed by atoms with E-state index < -0.39 is 121 Å². The molecule has 10 N–H and O–H groups in total. The third-order valence-corrected chi connectivity index (χ3v) is 12.9. The van der Waals surface area contributed by atoms with Gasteiger partial charge in [0.15, 0.2) is 0 Å². The van der Waals surface area contributed by atoms with Crippen molar-refractivity contribution in [3.05, 3.63) is 23.8 Å². The van der Waals surface area contributed by atoms with Crippen LogP contribution in [0, 0.1) is 17.8 Å². The first kappa shape index (κ1) is 47.2. The standard InChI is InChI=1S/C41H58N10O10S/c1-7-20(4)33-38(58)44-15-30(52)45-28-18-62-40-24(23-12-22(42)9-10-25(23)48-40)13-26(35(55)43-16-31(53)49-33)46-39(59)34(21(5)8-2)50-37(57)29-11-19(3)17-51(29)41(60)27(47-36(28)56)14-32(54)61-6/h9-10,12,19-21,26-29,33-34,48H,7-8,11,13-18,42H2,1-6H3,(H,43,55)(H,44,58)(H,45,52)(H,46,59)(H,47,56)(H,49,53)(H,50,57)/t19-,20+,21+,26+,27+,28+,29+,33+,34+/m1/s1. The Kier molecular flexibility index (Phi) is 15.8. The van der Waals surface area contributed by atoms with E-state index in [0.717, 1.165) is 18.9 Å². The first-order valence-corrected chi connectivity index (χ1v) is 21.9. The molecule has 9 atom stereocenters. The number of nitrogens with one attached hydrogen (secondary N) is 8. The predicted molar refractivity (Wildman–Crippen MR) is 228 cm³/mol. The third kappa shape index (κ3) is 11.3. The minimum Gasteiger partial charge on any atom is -0.469 e. The molecule has 1 aromatic heterocycles. The molecule has 62 heavy (non-hydrogen) atoms. The highest BCUT2D eigenvalue weighted by Gasteiger charge is 2.43. The largest absolute Gasteiger partial charge is 0.469 e. The molecule has 3 aliphatic rings. The number of fused-ring (bicyclic) bond motifs is 5. The van der Waals surface area contributed by atoms with Crippen LogP contribution in [0.3, 0.4) is 0 Å². The Balaban J connectivity index is 1.69. The van der Waals surface area contributed by atoms with Crippen LogP contribution < -0.4 is 43.0 Å². The van der Waals surface area contributed by atoms with Gasteiger partial charge in [0.05, 0.1) is 31.6 Å². The molecule has 2 bridgehead atoms. The van der Waals surface area contributed by atoms with Gasteiger partial charge in [-0.25, -0.2) is 0 Å². The van der Waals surface area contributed by atoms with Crippen molar-refractivity contribution in [3.63, 3.8) is 0 Å². The summed E-state index contributed by atoms with van der Waals surface area (Å²) in [5.41, 5.74) is 7.70. The Morgan fingerprint density at radius 3 is 2.13 bits per heavy atom. The van der Waals surface area contributed by atoms with Crippen molar-refractivity contribution in [2.24, 2.45) is 17.8 Å². The molecule has 8 amide bonds. The van der Waals surface area contributed by atoms with Gasteiger partial charge in [0.1, 0.15) is 36.3 Å². The number of hydrogen-bond acceptors (Lipinski definition) is 12. The number of esters is 1. The number of amides is 8. The summed E-state index contributed by atoms with van der Waals surface area (Å²) >= 11 is 1.09. The lowest BCUT2D eigenvalue weighted by Crippen LogP contribution is -2.61. The van der Waals surface area contributed by atoms with E-state index in [1.54, 1.807) is 32.0 Å². The average molecular weight is 883 g/mol. The summed E-state index contributed by atoms with van der Waals surface area (Å²) in [4.78, 5) is 129. The van der Waals surface area contributed by atoms with Gasteiger partial charge in [-0.3, -0.25) is 43.2 Å². The number of methoxy groups -OCH3 is 1. The fourth-order valence-electron chi connectivity index (χ4n) is 7.74. The average Bonchev–Trinajstić information content (AvgIpc) is 3.81. The molecule has 0 saturated carbocycles. The maximum Gasteiger partial charge on any atom is 0.308 e. The molecular formula is C41H58N10O10S. The minimum atomic E-state index is -1.54. The number of aromatic amines is 1. The van der Waals surface area contributed by atoms with Crippen molar-refractivity contribution in [3.8, 4) is 0 Å². The number of H-pyrrole nitrogens is 1. The SMILES string of the molecule is CC[C@H](C)[C@@H]1NC(=O)CNC(=O)[C@@H]2Cc3c([nH]c4ccc(N)cc34)SC[C@H](NC(=O)CNC1=O)C(=O)N[C@@H](CC(=O)OC)C(=O)N1C[C@H](C)C[C@H]1C(=O)N[C@@H]([C@@H](C)CC)C(=O)N2. The Labute approximate surface area is 363 Å². The number of rotatable bonds is 6. The normalized spacial score (nSPS) is 27.3. The number of benzene rings is 1. The van der Waals surface area contributed by atoms with Crippen LogP contribution in [0.1, 0.15) is 65.9 Å². The molecule has 0 radical (unpaired) electrons. The molecular weight excluding hydrogens is 825 g/mol. The Bertz CT molecular complexity index is 2080. The summed E-state index contributed by atoms with van der Waals surface area (Å²) in [6.45, 7) is 7.85. The highest BCUT2D eigenvalue weighted by molar-refractivity contribution is 7.99. The second kappa shape index (κ2) is 20.8. The van der Waals surface area contributed by atoms with Crippen molar-refractivity contribution < 1.29 is 47.9 Å². The highest BCUT2D eigenvalue weighted by atomic mass is 32.2. The van der Waals surface area contributed by atoms with E-state index in [-0.39, 0.29) is 31.1 Å². The van der Waals surface area contributed by atoms with Gasteiger partial charge in [0.2, 0.25) is 47.3 Å². The zero-order chi connectivity index (χ0) is 45.4. The Hall–Kier alpha value is -5.86. The van der Waals surface area contributed by atoms with Crippen molar-refractivity contribution >= 4 is 81.6 Å². The van der Waals surface area contributed by atoms with Gasteiger partial charge >= 0.3 is 5.97 Å². The molecule has 4 heterocycles. The number of hydrogen-bond donors (Lipinski definition) is 9. The van der Waals surface area contributed by atoms with Gasteiger partial charge in [0, 0.05) is 35.3 Å². The Morgan fingerprint density at radius 2 is 1.47 bits per heavy atom. The van der Waals surface area contributed by atoms with E-state index in [0.29, 0.717) is 40.0 Å². The van der Waals surface area contributed by atoms with Gasteiger partial charge in [-0.15, -0.1) is 11.8 Å². The smallest absolute Gasteiger partial charge is 0.308 e. The van der Waals surface area contributed by atoms with Crippen LogP contribution >= 0.6 is 11.8 Å². The van der Waals surface area contributed by atoms with Crippen LogP contribution in [0.15, 0.2) is 23.2 Å². The zero-order valence-electron chi connectivity index (χ0n) is 35.8. The summed E-state index contributed by atoms with van der Waals surface area (Å²) in [6, 6.07) is -2.67. The van der Waals surface area contributed by atoms with Crippen LogP contribution in [0.5, 0.6) is 0 Å². The molecule has 1 aromatic carbocycles. The number of nitrogens with two attached hydrogens (primary N) is 1. The van der Waals surface area contributed by atoms with Gasteiger partial charge < -0.3 is 57.6 Å². The van der Waals surface area contributed by atoms with Gasteiger partial charge in [-0.05, 0) is 47.9 Å². The van der Waals surface area contributed by atoms with Crippen LogP contribution in [0.25, 0.3) is 10.9 Å². The number of ether oxygens (including phenoxy) is 1. The lowest BCUT2D eigenvalue weighted by molar-refractivity contribution is -0.148. The Morgan fingerprint density at radius 1 is 0.823 bits per heavy atom. The highest BCUT2D eigenvalue weighted by Crippen LogP contribution is 2.33. The summed E-state index contributed by atoms with van der Waals surface area (Å²) in [5, 5.41) is 19.7. The lowest BCUT2D eigenvalue weighted by atomic mass is 9.96. The molecule has 21 heteroatoms. The number of aromatic nitrogens is 1. The monoisotopic (exact) mass is 882 g/mol. The van der Waals surface area contributed by atoms with Crippen LogP contribution in [0.2, 0.25) is 0 Å². The van der Waals surface area contributed by atoms with Crippen molar-refractivity contribution in [1.82, 2.24) is 47.1 Å². The molecule has 5 rings (SSSR count). The van der Waals surface area contributed by atoms with E-state index >= 15 is 0 Å². The van der Waals surface area contributed by atoms with E-state index in [9.17, 15) is 43.2 Å². The summed E-state index contributed by atoms with van der Waals surface area (Å²) in [6.07, 6.45) is 0.304. The molecule has 338 valence electrons. The van der Waals surface area contributed by atoms with Crippen molar-refractivity contribution in [2.45, 2.75) is 108 Å². The van der Waals surface area contributed by atoms with E-state index in [1.807, 2.05) is 20.8 Å². The molecule has 0 spiro atoms. The van der Waals surface area contributed by atoms with Crippen LogP contribution in [0.4, 0.5) is 5.69 Å². The van der Waals surface area contributed by atoms with Crippen molar-refractivity contribution in [2.75, 3.05) is 38.2 Å². The second-order valence-electron chi connectivity index (χ2n) is 16.4. The molecule has 0 unspecified atom stereocenters. The minimum absolute atomic E-state index is 0.0848. The maximum atomic E-state index is 14.4. The number of nitrogen functional groups attached to an aromatic ring is 1. The lowest BCUT2D eigenvalue weighted by Gasteiger charge is -2.32. The summed E-state index contributed by atoms with van der Waals surface area (Å²) in [5.74, 6) is -8.02. The fourth-order valence-corrected chi connectivity index (χ4v) is 8.86. The number of carbonyl (C=O) groups is 9. The maximum absolute atomic E-state index is 14.4. The number of thioether (sulfide) groups is 1. The predicted octanol–water partition coefficient (Wildman–Crippen LogP) is -1.04. The topological polar surface area (TPSA) is 292 Å². The molecule has 1 fully saturated rings. The van der Waals surface area contributed by atoms with Gasteiger partial charge in [0.25, 0.3) is 0 Å². The molecule has 3 aliphatic heterocycles. The van der Waals surface area contributed by atoms with E-state index in [1.165, 1.54) is 4.90 Å². The van der Waals surface area contributed by atoms with Crippen LogP contribution in [-0.2, 0) is 54.3 Å². The number of nitrogens with zero attached hydrogens (tertiary/aromatic N) is 1. The third-order valence-electron chi connectivity index (χ3n) is 11.7. The molecule has 2 aromatic rings. The number of carbonyl (C=O) groups excluding carboxylic acids is 9. The van der Waals surface area contributed by atoms with E-state index in [4.69, 9.17) is 10.5 Å². The zero-order valence-corrected chi connectivity index (χ0v) is 36.6. The summed E-state index contributed by atoms with van der Waals surface area (Å²) in [7, 11) is 1.12. The molecule has 20 nitrogen and oxygen atoms in total.